The zero-order valence-electron chi connectivity index (χ0n) is 15.5. The van der Waals surface area contributed by atoms with Crippen LogP contribution >= 0.6 is 0 Å². The topological polar surface area (TPSA) is 66.5 Å². The summed E-state index contributed by atoms with van der Waals surface area (Å²) in [5.74, 6) is 3.18. The molecule has 0 amide bonds. The van der Waals surface area contributed by atoms with E-state index in [1.807, 2.05) is 18.2 Å². The van der Waals surface area contributed by atoms with Crippen LogP contribution in [0.3, 0.4) is 0 Å². The van der Waals surface area contributed by atoms with E-state index >= 15 is 0 Å². The third-order valence-electron chi connectivity index (χ3n) is 4.83. The van der Waals surface area contributed by atoms with Crippen molar-refractivity contribution < 1.29 is 9.47 Å². The monoisotopic (exact) mass is 345 g/mol. The number of likely N-dealkylation sites (N-methyl/N-ethyl adjacent to an activating group) is 1. The number of aromatic nitrogens is 3. The fourth-order valence-corrected chi connectivity index (χ4v) is 3.13. The summed E-state index contributed by atoms with van der Waals surface area (Å²) < 4.78 is 10.6. The van der Waals surface area contributed by atoms with Crippen LogP contribution in [0.2, 0.25) is 0 Å². The molecule has 136 valence electrons. The zero-order valence-corrected chi connectivity index (χ0v) is 15.5. The van der Waals surface area contributed by atoms with Crippen molar-refractivity contribution in [1.29, 1.82) is 0 Å². The van der Waals surface area contributed by atoms with Gasteiger partial charge in [-0.2, -0.15) is 5.10 Å². The van der Waals surface area contributed by atoms with Gasteiger partial charge in [-0.15, -0.1) is 0 Å². The minimum atomic E-state index is 0.226. The van der Waals surface area contributed by atoms with Crippen LogP contribution in [0, 0.1) is 0 Å². The van der Waals surface area contributed by atoms with Gasteiger partial charge < -0.3 is 14.4 Å². The molecule has 7 heteroatoms. The number of H-pyrrole nitrogens is 1. The highest BCUT2D eigenvalue weighted by atomic mass is 16.5. The first-order valence-corrected chi connectivity index (χ1v) is 8.65. The fourth-order valence-electron chi connectivity index (χ4n) is 3.13. The van der Waals surface area contributed by atoms with Gasteiger partial charge in [0.25, 0.3) is 0 Å². The first kappa shape index (κ1) is 17.7. The lowest BCUT2D eigenvalue weighted by atomic mass is 10.1. The summed E-state index contributed by atoms with van der Waals surface area (Å²) >= 11 is 0. The molecule has 0 spiro atoms. The number of methoxy groups -OCH3 is 2. The van der Waals surface area contributed by atoms with E-state index in [0.29, 0.717) is 6.42 Å². The van der Waals surface area contributed by atoms with Gasteiger partial charge in [0.15, 0.2) is 17.3 Å². The Labute approximate surface area is 148 Å². The number of hydrogen-bond donors (Lipinski definition) is 1. The lowest BCUT2D eigenvalue weighted by molar-refractivity contribution is 0.115. The average molecular weight is 345 g/mol. The lowest BCUT2D eigenvalue weighted by Gasteiger charge is -2.35. The molecule has 7 nitrogen and oxygen atoms in total. The Morgan fingerprint density at radius 3 is 2.52 bits per heavy atom. The highest BCUT2D eigenvalue weighted by molar-refractivity contribution is 5.43. The van der Waals surface area contributed by atoms with Crippen molar-refractivity contribution in [2.75, 3.05) is 47.4 Å². The van der Waals surface area contributed by atoms with Crippen molar-refractivity contribution >= 4 is 0 Å². The van der Waals surface area contributed by atoms with Gasteiger partial charge >= 0.3 is 0 Å². The molecule has 1 aromatic heterocycles. The number of aromatic amines is 1. The van der Waals surface area contributed by atoms with Gasteiger partial charge in [0, 0.05) is 32.6 Å². The fraction of sp³-hybridized carbons (Fsp3) is 0.556. The molecule has 1 aliphatic rings. The van der Waals surface area contributed by atoms with Crippen molar-refractivity contribution in [3.63, 3.8) is 0 Å². The number of hydrogen-bond acceptors (Lipinski definition) is 6. The van der Waals surface area contributed by atoms with Crippen molar-refractivity contribution in [3.05, 3.63) is 35.4 Å². The second-order valence-electron chi connectivity index (χ2n) is 6.52. The zero-order chi connectivity index (χ0) is 17.8. The number of piperazine rings is 1. The molecule has 0 bridgehead atoms. The number of ether oxygens (including phenoxy) is 2. The summed E-state index contributed by atoms with van der Waals surface area (Å²) in [5.41, 5.74) is 1.10. The molecule has 1 atom stereocenters. The maximum atomic E-state index is 5.36. The SMILES string of the molecule is COc1ccc(Cc2nc(C(C)N3CCN(C)CC3)n[nH]2)cc1OC. The Hall–Kier alpha value is -2.12. The van der Waals surface area contributed by atoms with E-state index in [1.54, 1.807) is 14.2 Å². The van der Waals surface area contributed by atoms with Crippen molar-refractivity contribution in [2.24, 2.45) is 0 Å². The molecule has 1 fully saturated rings. The van der Waals surface area contributed by atoms with Gasteiger partial charge in [0.2, 0.25) is 0 Å². The number of nitrogens with one attached hydrogen (secondary N) is 1. The molecule has 1 unspecified atom stereocenters. The van der Waals surface area contributed by atoms with Crippen LogP contribution in [-0.4, -0.2) is 72.4 Å². The van der Waals surface area contributed by atoms with Crippen LogP contribution in [0.15, 0.2) is 18.2 Å². The predicted octanol–water partition coefficient (Wildman–Crippen LogP) is 1.72. The second-order valence-corrected chi connectivity index (χ2v) is 6.52. The highest BCUT2D eigenvalue weighted by Gasteiger charge is 2.23. The lowest BCUT2D eigenvalue weighted by Crippen LogP contribution is -2.45. The van der Waals surface area contributed by atoms with E-state index in [2.05, 4.69) is 34.0 Å². The normalized spacial score (nSPS) is 17.4. The molecule has 1 aliphatic heterocycles. The van der Waals surface area contributed by atoms with Crippen LogP contribution in [0.1, 0.15) is 30.2 Å². The quantitative estimate of drug-likeness (QED) is 0.860. The molecule has 2 aromatic rings. The third-order valence-corrected chi connectivity index (χ3v) is 4.83. The van der Waals surface area contributed by atoms with Gasteiger partial charge in [-0.05, 0) is 31.7 Å². The van der Waals surface area contributed by atoms with E-state index in [1.165, 1.54) is 0 Å². The molecule has 0 aliphatic carbocycles. The van der Waals surface area contributed by atoms with Crippen LogP contribution in [0.5, 0.6) is 11.5 Å². The number of benzene rings is 1. The standard InChI is InChI=1S/C18H27N5O2/c1-13(23-9-7-22(2)8-10-23)18-19-17(20-21-18)12-14-5-6-15(24-3)16(11-14)25-4/h5-6,11,13H,7-10,12H2,1-4H3,(H,19,20,21). The van der Waals surface area contributed by atoms with Crippen molar-refractivity contribution in [2.45, 2.75) is 19.4 Å². The molecular weight excluding hydrogens is 318 g/mol. The maximum absolute atomic E-state index is 5.36. The second kappa shape index (κ2) is 7.84. The summed E-state index contributed by atoms with van der Waals surface area (Å²) in [7, 11) is 5.45. The van der Waals surface area contributed by atoms with E-state index in [-0.39, 0.29) is 6.04 Å². The summed E-state index contributed by atoms with van der Waals surface area (Å²) in [6.45, 7) is 6.46. The van der Waals surface area contributed by atoms with Gasteiger partial charge in [0.05, 0.1) is 20.3 Å². The van der Waals surface area contributed by atoms with E-state index in [4.69, 9.17) is 14.5 Å². The first-order chi connectivity index (χ1) is 12.1. The van der Waals surface area contributed by atoms with Gasteiger partial charge in [-0.25, -0.2) is 4.98 Å². The number of rotatable bonds is 6. The smallest absolute Gasteiger partial charge is 0.167 e. The highest BCUT2D eigenvalue weighted by Crippen LogP contribution is 2.28. The van der Waals surface area contributed by atoms with Gasteiger partial charge in [-0.1, -0.05) is 6.07 Å². The Morgan fingerprint density at radius 1 is 1.12 bits per heavy atom. The maximum Gasteiger partial charge on any atom is 0.167 e. The van der Waals surface area contributed by atoms with Crippen molar-refractivity contribution in [1.82, 2.24) is 25.0 Å². The molecule has 2 heterocycles. The van der Waals surface area contributed by atoms with Crippen LogP contribution in [0.4, 0.5) is 0 Å². The van der Waals surface area contributed by atoms with E-state index in [0.717, 1.165) is 54.9 Å². The first-order valence-electron chi connectivity index (χ1n) is 8.65. The average Bonchev–Trinajstić information content (AvgIpc) is 3.10. The minimum absolute atomic E-state index is 0.226. The van der Waals surface area contributed by atoms with Crippen LogP contribution in [-0.2, 0) is 6.42 Å². The Balaban J connectivity index is 1.67. The Kier molecular flexibility index (Phi) is 5.55. The largest absolute Gasteiger partial charge is 0.493 e. The van der Waals surface area contributed by atoms with E-state index in [9.17, 15) is 0 Å². The van der Waals surface area contributed by atoms with Crippen LogP contribution in [0.25, 0.3) is 0 Å². The molecule has 1 saturated heterocycles. The van der Waals surface area contributed by atoms with Crippen LogP contribution < -0.4 is 9.47 Å². The van der Waals surface area contributed by atoms with Gasteiger partial charge in [-0.3, -0.25) is 10.00 Å². The molecule has 3 rings (SSSR count). The Bertz CT molecular complexity index is 695. The van der Waals surface area contributed by atoms with E-state index < -0.39 is 0 Å². The molecule has 25 heavy (non-hydrogen) atoms. The predicted molar refractivity (Wildman–Crippen MR) is 96.2 cm³/mol. The molecule has 1 N–H and O–H groups in total. The molecular formula is C18H27N5O2. The third kappa shape index (κ3) is 4.11. The summed E-state index contributed by atoms with van der Waals surface area (Å²) in [6, 6.07) is 6.14. The molecule has 1 aromatic carbocycles. The summed E-state index contributed by atoms with van der Waals surface area (Å²) in [4.78, 5) is 9.49. The summed E-state index contributed by atoms with van der Waals surface area (Å²) in [5, 5.41) is 7.51. The molecule has 0 radical (unpaired) electrons. The number of nitrogens with zero attached hydrogens (tertiary/aromatic N) is 4. The summed E-state index contributed by atoms with van der Waals surface area (Å²) in [6.07, 6.45) is 0.683. The minimum Gasteiger partial charge on any atom is -0.493 e. The van der Waals surface area contributed by atoms with Crippen molar-refractivity contribution in [3.8, 4) is 11.5 Å². The van der Waals surface area contributed by atoms with Gasteiger partial charge in [0.1, 0.15) is 5.82 Å². The molecule has 0 saturated carbocycles. The Morgan fingerprint density at radius 2 is 1.84 bits per heavy atom.